The summed E-state index contributed by atoms with van der Waals surface area (Å²) in [6.45, 7) is 0. The number of carbonyl (C=O) groups is 1. The summed E-state index contributed by atoms with van der Waals surface area (Å²) in [5, 5.41) is 1.74. The van der Waals surface area contributed by atoms with E-state index in [2.05, 4.69) is 12.6 Å². The normalized spacial score (nSPS) is 10.4. The van der Waals surface area contributed by atoms with Crippen LogP contribution in [0.5, 0.6) is 5.06 Å². The summed E-state index contributed by atoms with van der Waals surface area (Å²) in [4.78, 5) is 11.6. The van der Waals surface area contributed by atoms with Crippen molar-refractivity contribution in [2.24, 2.45) is 0 Å². The number of aldehydes is 1. The molecule has 0 aliphatic carbocycles. The van der Waals surface area contributed by atoms with Crippen molar-refractivity contribution in [3.63, 3.8) is 0 Å². The summed E-state index contributed by atoms with van der Waals surface area (Å²) in [5.41, 5.74) is 0.659. The van der Waals surface area contributed by atoms with Crippen LogP contribution in [0.1, 0.15) is 10.4 Å². The zero-order valence-corrected chi connectivity index (χ0v) is 9.19. The quantitative estimate of drug-likeness (QED) is 0.627. The number of benzene rings is 1. The van der Waals surface area contributed by atoms with Gasteiger partial charge in [0.05, 0.1) is 7.11 Å². The smallest absolute Gasteiger partial charge is 0.174 e. The molecule has 0 N–H and O–H groups in total. The zero-order valence-electron chi connectivity index (χ0n) is 7.48. The molecule has 0 spiro atoms. The van der Waals surface area contributed by atoms with Crippen LogP contribution in [0.4, 0.5) is 0 Å². The fraction of sp³-hybridized carbons (Fsp3) is 0.100. The number of methoxy groups -OCH3 is 1. The van der Waals surface area contributed by atoms with Gasteiger partial charge in [0.25, 0.3) is 0 Å². The lowest BCUT2D eigenvalue weighted by molar-refractivity contribution is 0.112. The van der Waals surface area contributed by atoms with Crippen LogP contribution in [0.3, 0.4) is 0 Å². The highest BCUT2D eigenvalue weighted by Crippen LogP contribution is 2.34. The van der Waals surface area contributed by atoms with Crippen LogP contribution in [-0.2, 0) is 0 Å². The van der Waals surface area contributed by atoms with E-state index in [9.17, 15) is 4.79 Å². The number of ether oxygens (including phenoxy) is 1. The standard InChI is InChI=1S/C10H8O2S2/c1-12-10-4-8-6(5-11)2-7(13)3-9(8)14-10/h2-5,13H,1H3. The Morgan fingerprint density at radius 3 is 2.86 bits per heavy atom. The SMILES string of the molecule is COc1cc2c(C=O)cc(S)cc2s1. The first-order valence-electron chi connectivity index (χ1n) is 4.00. The van der Waals surface area contributed by atoms with E-state index in [0.717, 1.165) is 26.3 Å². The molecule has 2 nitrogen and oxygen atoms in total. The van der Waals surface area contributed by atoms with Gasteiger partial charge in [0.15, 0.2) is 11.3 Å². The Morgan fingerprint density at radius 1 is 1.43 bits per heavy atom. The van der Waals surface area contributed by atoms with E-state index in [-0.39, 0.29) is 0 Å². The number of rotatable bonds is 2. The molecule has 0 saturated carbocycles. The summed E-state index contributed by atoms with van der Waals surface area (Å²) in [5.74, 6) is 0. The van der Waals surface area contributed by atoms with Crippen LogP contribution in [-0.4, -0.2) is 13.4 Å². The van der Waals surface area contributed by atoms with Crippen LogP contribution in [0.25, 0.3) is 10.1 Å². The monoisotopic (exact) mass is 224 g/mol. The van der Waals surface area contributed by atoms with Gasteiger partial charge in [0.1, 0.15) is 0 Å². The van der Waals surface area contributed by atoms with Crippen molar-refractivity contribution in [1.82, 2.24) is 0 Å². The van der Waals surface area contributed by atoms with Gasteiger partial charge in [-0.3, -0.25) is 4.79 Å². The Bertz CT molecular complexity index is 488. The fourth-order valence-electron chi connectivity index (χ4n) is 1.33. The van der Waals surface area contributed by atoms with Gasteiger partial charge in [-0.1, -0.05) is 11.3 Å². The molecule has 2 aromatic rings. The van der Waals surface area contributed by atoms with Crippen molar-refractivity contribution in [1.29, 1.82) is 0 Å². The minimum Gasteiger partial charge on any atom is -0.487 e. The van der Waals surface area contributed by atoms with E-state index in [1.807, 2.05) is 12.1 Å². The third-order valence-electron chi connectivity index (χ3n) is 1.96. The van der Waals surface area contributed by atoms with Gasteiger partial charge < -0.3 is 4.74 Å². The molecule has 2 rings (SSSR count). The lowest BCUT2D eigenvalue weighted by atomic mass is 10.1. The molecule has 72 valence electrons. The minimum atomic E-state index is 0.659. The van der Waals surface area contributed by atoms with Crippen LogP contribution in [0.2, 0.25) is 0 Å². The van der Waals surface area contributed by atoms with E-state index in [1.54, 1.807) is 13.2 Å². The van der Waals surface area contributed by atoms with Crippen LogP contribution >= 0.6 is 24.0 Å². The molecule has 1 aromatic heterocycles. The first kappa shape index (κ1) is 9.55. The van der Waals surface area contributed by atoms with Crippen molar-refractivity contribution in [2.75, 3.05) is 7.11 Å². The molecule has 0 fully saturated rings. The summed E-state index contributed by atoms with van der Waals surface area (Å²) in [6, 6.07) is 5.56. The maximum absolute atomic E-state index is 10.8. The van der Waals surface area contributed by atoms with E-state index < -0.39 is 0 Å². The molecule has 1 heterocycles. The highest BCUT2D eigenvalue weighted by atomic mass is 32.1. The van der Waals surface area contributed by atoms with Crippen molar-refractivity contribution >= 4 is 40.3 Å². The van der Waals surface area contributed by atoms with Crippen LogP contribution < -0.4 is 4.74 Å². The molecule has 0 unspecified atom stereocenters. The van der Waals surface area contributed by atoms with Gasteiger partial charge in [-0.15, -0.1) is 12.6 Å². The minimum absolute atomic E-state index is 0.659. The maximum Gasteiger partial charge on any atom is 0.174 e. The predicted molar refractivity (Wildman–Crippen MR) is 61.0 cm³/mol. The second-order valence-corrected chi connectivity index (χ2v) is 4.40. The molecule has 0 amide bonds. The molecule has 0 aliphatic rings. The molecule has 0 bridgehead atoms. The van der Waals surface area contributed by atoms with Crippen molar-refractivity contribution in [2.45, 2.75) is 4.90 Å². The van der Waals surface area contributed by atoms with Gasteiger partial charge in [-0.2, -0.15) is 0 Å². The average Bonchev–Trinajstić information content (AvgIpc) is 2.59. The van der Waals surface area contributed by atoms with Crippen LogP contribution in [0.15, 0.2) is 23.1 Å². The summed E-state index contributed by atoms with van der Waals surface area (Å²) in [7, 11) is 1.62. The Hall–Kier alpha value is -1.00. The number of thiophene rings is 1. The van der Waals surface area contributed by atoms with Gasteiger partial charge in [0.2, 0.25) is 0 Å². The van der Waals surface area contributed by atoms with E-state index >= 15 is 0 Å². The lowest BCUT2D eigenvalue weighted by Gasteiger charge is -1.95. The Kier molecular flexibility index (Phi) is 2.48. The van der Waals surface area contributed by atoms with Crippen molar-refractivity contribution in [3.8, 4) is 5.06 Å². The first-order valence-corrected chi connectivity index (χ1v) is 5.26. The first-order chi connectivity index (χ1) is 6.74. The number of hydrogen-bond acceptors (Lipinski definition) is 4. The topological polar surface area (TPSA) is 26.3 Å². The van der Waals surface area contributed by atoms with E-state index in [0.29, 0.717) is 5.56 Å². The van der Waals surface area contributed by atoms with E-state index in [4.69, 9.17) is 4.74 Å². The largest absolute Gasteiger partial charge is 0.487 e. The summed E-state index contributed by atoms with van der Waals surface area (Å²) < 4.78 is 6.14. The average molecular weight is 224 g/mol. The van der Waals surface area contributed by atoms with Crippen molar-refractivity contribution < 1.29 is 9.53 Å². The Morgan fingerprint density at radius 2 is 2.21 bits per heavy atom. The fourth-order valence-corrected chi connectivity index (χ4v) is 2.63. The summed E-state index contributed by atoms with van der Waals surface area (Å²) in [6.07, 6.45) is 0.841. The molecular weight excluding hydrogens is 216 g/mol. The lowest BCUT2D eigenvalue weighted by Crippen LogP contribution is -1.80. The van der Waals surface area contributed by atoms with Gasteiger partial charge in [0, 0.05) is 26.6 Å². The maximum atomic E-state index is 10.8. The molecule has 4 heteroatoms. The van der Waals surface area contributed by atoms with Gasteiger partial charge in [-0.25, -0.2) is 0 Å². The van der Waals surface area contributed by atoms with Gasteiger partial charge in [-0.05, 0) is 12.1 Å². The number of carbonyl (C=O) groups excluding carboxylic acids is 1. The molecule has 0 radical (unpaired) electrons. The third kappa shape index (κ3) is 1.51. The highest BCUT2D eigenvalue weighted by molar-refractivity contribution is 7.80. The van der Waals surface area contributed by atoms with Crippen molar-refractivity contribution in [3.05, 3.63) is 23.8 Å². The number of hydrogen-bond donors (Lipinski definition) is 1. The molecule has 14 heavy (non-hydrogen) atoms. The van der Waals surface area contributed by atoms with Gasteiger partial charge >= 0.3 is 0 Å². The second kappa shape index (κ2) is 3.63. The third-order valence-corrected chi connectivity index (χ3v) is 3.26. The molecule has 0 saturated heterocycles. The number of thiol groups is 1. The Balaban J connectivity index is 2.77. The predicted octanol–water partition coefficient (Wildman–Crippen LogP) is 3.01. The zero-order chi connectivity index (χ0) is 10.1. The van der Waals surface area contributed by atoms with Crippen LogP contribution in [0, 0.1) is 0 Å². The molecule has 0 aliphatic heterocycles. The Labute approximate surface area is 90.9 Å². The molecular formula is C10H8O2S2. The number of fused-ring (bicyclic) bond motifs is 1. The molecule has 1 aromatic carbocycles. The van der Waals surface area contributed by atoms with E-state index in [1.165, 1.54) is 11.3 Å². The highest BCUT2D eigenvalue weighted by Gasteiger charge is 2.07. The second-order valence-electron chi connectivity index (χ2n) is 2.83. The molecule has 0 atom stereocenters. The summed E-state index contributed by atoms with van der Waals surface area (Å²) >= 11 is 5.74.